The fourth-order valence-corrected chi connectivity index (χ4v) is 3.59. The Morgan fingerprint density at radius 3 is 3.08 bits per heavy atom. The van der Waals surface area contributed by atoms with Crippen LogP contribution in [0.15, 0.2) is 17.3 Å². The minimum atomic E-state index is 0.844. The SMILES string of the molecule is CSc1nccc2c1[C@@H]1CC[C@@H]2C1. The fourth-order valence-electron chi connectivity index (χ4n) is 2.92. The van der Waals surface area contributed by atoms with Gasteiger partial charge in [0.2, 0.25) is 0 Å². The molecule has 0 N–H and O–H groups in total. The summed E-state index contributed by atoms with van der Waals surface area (Å²) in [4.78, 5) is 4.45. The van der Waals surface area contributed by atoms with Gasteiger partial charge in [-0.05, 0) is 54.5 Å². The Morgan fingerprint density at radius 2 is 2.23 bits per heavy atom. The minimum absolute atomic E-state index is 0.844. The van der Waals surface area contributed by atoms with E-state index in [1.165, 1.54) is 24.3 Å². The average Bonchev–Trinajstić information content (AvgIpc) is 2.77. The molecule has 2 aliphatic carbocycles. The van der Waals surface area contributed by atoms with Gasteiger partial charge in [-0.3, -0.25) is 0 Å². The van der Waals surface area contributed by atoms with Crippen molar-refractivity contribution in [2.24, 2.45) is 0 Å². The van der Waals surface area contributed by atoms with Crippen molar-refractivity contribution in [3.8, 4) is 0 Å². The van der Waals surface area contributed by atoms with E-state index in [0.717, 1.165) is 11.8 Å². The van der Waals surface area contributed by atoms with Gasteiger partial charge in [0.15, 0.2) is 0 Å². The highest BCUT2D eigenvalue weighted by molar-refractivity contribution is 7.98. The molecule has 2 aliphatic rings. The van der Waals surface area contributed by atoms with Gasteiger partial charge in [0, 0.05) is 6.20 Å². The summed E-state index contributed by atoms with van der Waals surface area (Å²) in [5.41, 5.74) is 3.20. The highest BCUT2D eigenvalue weighted by atomic mass is 32.2. The number of rotatable bonds is 1. The maximum Gasteiger partial charge on any atom is 0.0994 e. The van der Waals surface area contributed by atoms with Crippen LogP contribution in [-0.2, 0) is 0 Å². The molecule has 1 aromatic heterocycles. The number of nitrogens with zero attached hydrogens (tertiary/aromatic N) is 1. The Morgan fingerprint density at radius 1 is 1.38 bits per heavy atom. The Bertz CT molecular complexity index is 348. The van der Waals surface area contributed by atoms with Crippen LogP contribution in [0.3, 0.4) is 0 Å². The zero-order valence-electron chi connectivity index (χ0n) is 7.79. The van der Waals surface area contributed by atoms with E-state index in [9.17, 15) is 0 Å². The molecule has 2 heteroatoms. The summed E-state index contributed by atoms with van der Waals surface area (Å²) in [5.74, 6) is 1.71. The fraction of sp³-hybridized carbons (Fsp3) is 0.545. The number of aromatic nitrogens is 1. The summed E-state index contributed by atoms with van der Waals surface area (Å²) in [6, 6.07) is 2.24. The van der Waals surface area contributed by atoms with Crippen LogP contribution in [0.2, 0.25) is 0 Å². The summed E-state index contributed by atoms with van der Waals surface area (Å²) >= 11 is 1.80. The molecule has 3 rings (SSSR count). The molecule has 2 atom stereocenters. The largest absolute Gasteiger partial charge is 0.250 e. The topological polar surface area (TPSA) is 12.9 Å². The highest BCUT2D eigenvalue weighted by Gasteiger charge is 2.38. The predicted molar refractivity (Wildman–Crippen MR) is 55.4 cm³/mol. The lowest BCUT2D eigenvalue weighted by Crippen LogP contribution is -2.00. The molecule has 1 nitrogen and oxygen atoms in total. The normalized spacial score (nSPS) is 29.3. The highest BCUT2D eigenvalue weighted by Crippen LogP contribution is 2.54. The first-order valence-electron chi connectivity index (χ1n) is 4.93. The van der Waals surface area contributed by atoms with Crippen LogP contribution in [0.4, 0.5) is 0 Å². The molecule has 0 spiro atoms. The smallest absolute Gasteiger partial charge is 0.0994 e. The average molecular weight is 191 g/mol. The van der Waals surface area contributed by atoms with Gasteiger partial charge in [0.25, 0.3) is 0 Å². The molecule has 2 bridgehead atoms. The van der Waals surface area contributed by atoms with Gasteiger partial charge in [-0.2, -0.15) is 0 Å². The van der Waals surface area contributed by atoms with Crippen molar-refractivity contribution < 1.29 is 0 Å². The number of hydrogen-bond acceptors (Lipinski definition) is 2. The van der Waals surface area contributed by atoms with Crippen molar-refractivity contribution >= 4 is 11.8 Å². The van der Waals surface area contributed by atoms with Gasteiger partial charge in [-0.1, -0.05) is 0 Å². The van der Waals surface area contributed by atoms with Gasteiger partial charge in [-0.15, -0.1) is 11.8 Å². The quantitative estimate of drug-likeness (QED) is 0.632. The van der Waals surface area contributed by atoms with Crippen LogP contribution in [0.5, 0.6) is 0 Å². The molecular weight excluding hydrogens is 178 g/mol. The summed E-state index contributed by atoms with van der Waals surface area (Å²) in [6.45, 7) is 0. The Kier molecular flexibility index (Phi) is 1.66. The van der Waals surface area contributed by atoms with Crippen LogP contribution in [-0.4, -0.2) is 11.2 Å². The van der Waals surface area contributed by atoms with Gasteiger partial charge in [0.05, 0.1) is 5.03 Å². The van der Waals surface area contributed by atoms with Gasteiger partial charge in [-0.25, -0.2) is 4.98 Å². The maximum absolute atomic E-state index is 4.45. The van der Waals surface area contributed by atoms with Crippen LogP contribution in [0, 0.1) is 0 Å². The summed E-state index contributed by atoms with van der Waals surface area (Å²) in [5, 5.41) is 1.28. The first-order chi connectivity index (χ1) is 6.40. The molecular formula is C11H13NS. The number of fused-ring (bicyclic) bond motifs is 5. The second-order valence-electron chi connectivity index (χ2n) is 4.03. The molecule has 1 heterocycles. The van der Waals surface area contributed by atoms with Gasteiger partial charge >= 0.3 is 0 Å². The van der Waals surface area contributed by atoms with E-state index in [4.69, 9.17) is 0 Å². The monoisotopic (exact) mass is 191 g/mol. The van der Waals surface area contributed by atoms with Crippen molar-refractivity contribution in [1.82, 2.24) is 4.98 Å². The predicted octanol–water partition coefficient (Wildman–Crippen LogP) is 3.17. The van der Waals surface area contributed by atoms with Crippen LogP contribution >= 0.6 is 11.8 Å². The number of hydrogen-bond donors (Lipinski definition) is 0. The zero-order valence-corrected chi connectivity index (χ0v) is 8.60. The molecule has 1 aromatic rings. The molecule has 1 fully saturated rings. The van der Waals surface area contributed by atoms with E-state index in [1.54, 1.807) is 22.9 Å². The third-order valence-corrected chi connectivity index (χ3v) is 4.17. The first kappa shape index (κ1) is 7.86. The Hall–Kier alpha value is -0.500. The summed E-state index contributed by atoms with van der Waals surface area (Å²) < 4.78 is 0. The maximum atomic E-state index is 4.45. The second-order valence-corrected chi connectivity index (χ2v) is 4.82. The molecule has 68 valence electrons. The Labute approximate surface area is 83.0 Å². The van der Waals surface area contributed by atoms with E-state index in [2.05, 4.69) is 17.3 Å². The van der Waals surface area contributed by atoms with Crippen molar-refractivity contribution in [2.75, 3.05) is 6.26 Å². The second kappa shape index (κ2) is 2.74. The third-order valence-electron chi connectivity index (χ3n) is 3.46. The van der Waals surface area contributed by atoms with Gasteiger partial charge < -0.3 is 0 Å². The first-order valence-corrected chi connectivity index (χ1v) is 6.15. The molecule has 0 amide bonds. The lowest BCUT2D eigenvalue weighted by molar-refractivity contribution is 0.696. The van der Waals surface area contributed by atoms with E-state index >= 15 is 0 Å². The molecule has 0 aromatic carbocycles. The van der Waals surface area contributed by atoms with Gasteiger partial charge in [0.1, 0.15) is 0 Å². The Balaban J connectivity index is 2.20. The summed E-state index contributed by atoms with van der Waals surface area (Å²) in [6.07, 6.45) is 8.32. The zero-order chi connectivity index (χ0) is 8.84. The molecule has 0 saturated heterocycles. The molecule has 0 radical (unpaired) electrons. The lowest BCUT2D eigenvalue weighted by Gasteiger charge is -2.16. The van der Waals surface area contributed by atoms with E-state index < -0.39 is 0 Å². The summed E-state index contributed by atoms with van der Waals surface area (Å²) in [7, 11) is 0. The van der Waals surface area contributed by atoms with E-state index in [0.29, 0.717) is 0 Å². The molecule has 13 heavy (non-hydrogen) atoms. The van der Waals surface area contributed by atoms with Crippen LogP contribution in [0.25, 0.3) is 0 Å². The van der Waals surface area contributed by atoms with Crippen molar-refractivity contribution in [1.29, 1.82) is 0 Å². The standard InChI is InChI=1S/C11H13NS/c1-13-11-10-8-3-2-7(6-8)9(10)4-5-12-11/h4-5,7-8H,2-3,6H2,1H3/t7-,8-/m1/s1. The van der Waals surface area contributed by atoms with Crippen LogP contribution < -0.4 is 0 Å². The van der Waals surface area contributed by atoms with Crippen molar-refractivity contribution in [2.45, 2.75) is 36.1 Å². The van der Waals surface area contributed by atoms with E-state index in [1.807, 2.05) is 6.20 Å². The van der Waals surface area contributed by atoms with Crippen molar-refractivity contribution in [3.63, 3.8) is 0 Å². The lowest BCUT2D eigenvalue weighted by atomic mass is 9.94. The van der Waals surface area contributed by atoms with E-state index in [-0.39, 0.29) is 0 Å². The van der Waals surface area contributed by atoms with Crippen LogP contribution in [0.1, 0.15) is 42.2 Å². The number of pyridine rings is 1. The number of thioether (sulfide) groups is 1. The molecule has 1 saturated carbocycles. The molecule has 0 unspecified atom stereocenters. The van der Waals surface area contributed by atoms with Crippen molar-refractivity contribution in [3.05, 3.63) is 23.4 Å². The molecule has 0 aliphatic heterocycles. The minimum Gasteiger partial charge on any atom is -0.250 e. The third kappa shape index (κ3) is 0.983.